The van der Waals surface area contributed by atoms with Crippen molar-refractivity contribution < 1.29 is 19.5 Å². The first-order chi connectivity index (χ1) is 11.4. The minimum atomic E-state index is -1.05. The van der Waals surface area contributed by atoms with Crippen molar-refractivity contribution in [2.45, 2.75) is 12.8 Å². The molecule has 0 aliphatic carbocycles. The molecule has 1 saturated heterocycles. The second-order valence-electron chi connectivity index (χ2n) is 6.09. The van der Waals surface area contributed by atoms with Gasteiger partial charge in [0.05, 0.1) is 0 Å². The SMILES string of the molecule is CN(C)C(=O)N1CCC(C(=O)N(CC(=O)O)c2ccccc2)CC1. The number of carbonyl (C=O) groups is 3. The van der Waals surface area contributed by atoms with Crippen LogP contribution in [0.5, 0.6) is 0 Å². The van der Waals surface area contributed by atoms with E-state index >= 15 is 0 Å². The van der Waals surface area contributed by atoms with E-state index in [1.54, 1.807) is 43.3 Å². The maximum Gasteiger partial charge on any atom is 0.323 e. The van der Waals surface area contributed by atoms with Crippen molar-refractivity contribution in [3.63, 3.8) is 0 Å². The highest BCUT2D eigenvalue weighted by atomic mass is 16.4. The summed E-state index contributed by atoms with van der Waals surface area (Å²) in [7, 11) is 3.40. The molecule has 0 spiro atoms. The number of urea groups is 1. The molecular weight excluding hydrogens is 310 g/mol. The summed E-state index contributed by atoms with van der Waals surface area (Å²) in [4.78, 5) is 40.4. The number of hydrogen-bond acceptors (Lipinski definition) is 3. The van der Waals surface area contributed by atoms with Gasteiger partial charge in [-0.15, -0.1) is 0 Å². The predicted molar refractivity (Wildman–Crippen MR) is 89.8 cm³/mol. The lowest BCUT2D eigenvalue weighted by atomic mass is 9.95. The average Bonchev–Trinajstić information content (AvgIpc) is 2.59. The summed E-state index contributed by atoms with van der Waals surface area (Å²) in [6.45, 7) is 0.645. The van der Waals surface area contributed by atoms with Crippen LogP contribution in [0.2, 0.25) is 0 Å². The Bertz CT molecular complexity index is 595. The molecule has 0 bridgehead atoms. The van der Waals surface area contributed by atoms with E-state index in [1.165, 1.54) is 9.80 Å². The highest BCUT2D eigenvalue weighted by Gasteiger charge is 2.32. The predicted octanol–water partition coefficient (Wildman–Crippen LogP) is 1.50. The molecule has 1 aromatic rings. The van der Waals surface area contributed by atoms with Crippen LogP contribution >= 0.6 is 0 Å². The molecule has 1 aliphatic heterocycles. The molecule has 3 amide bonds. The molecule has 0 unspecified atom stereocenters. The number of anilines is 1. The van der Waals surface area contributed by atoms with Crippen LogP contribution in [0.3, 0.4) is 0 Å². The van der Waals surface area contributed by atoms with Gasteiger partial charge in [-0.1, -0.05) is 18.2 Å². The van der Waals surface area contributed by atoms with E-state index in [0.29, 0.717) is 31.6 Å². The molecule has 24 heavy (non-hydrogen) atoms. The summed E-state index contributed by atoms with van der Waals surface area (Å²) < 4.78 is 0. The lowest BCUT2D eigenvalue weighted by molar-refractivity contribution is -0.137. The van der Waals surface area contributed by atoms with Crippen molar-refractivity contribution >= 4 is 23.6 Å². The third-order valence-corrected chi connectivity index (χ3v) is 4.12. The third kappa shape index (κ3) is 4.24. The monoisotopic (exact) mass is 333 g/mol. The van der Waals surface area contributed by atoms with Crippen LogP contribution in [0.15, 0.2) is 30.3 Å². The summed E-state index contributed by atoms with van der Waals surface area (Å²) in [5.74, 6) is -1.51. The highest BCUT2D eigenvalue weighted by molar-refractivity contribution is 5.98. The molecule has 0 radical (unpaired) electrons. The van der Waals surface area contributed by atoms with Gasteiger partial charge in [-0.2, -0.15) is 0 Å². The molecule has 1 fully saturated rings. The maximum absolute atomic E-state index is 12.8. The first kappa shape index (κ1) is 17.8. The minimum absolute atomic E-state index is 0.0636. The van der Waals surface area contributed by atoms with Crippen molar-refractivity contribution in [1.82, 2.24) is 9.80 Å². The molecular formula is C17H23N3O4. The van der Waals surface area contributed by atoms with Crippen LogP contribution in [0.25, 0.3) is 0 Å². The topological polar surface area (TPSA) is 81.2 Å². The number of carboxylic acid groups (broad SMARTS) is 1. The molecule has 7 nitrogen and oxygen atoms in total. The number of rotatable bonds is 4. The van der Waals surface area contributed by atoms with Crippen molar-refractivity contribution in [1.29, 1.82) is 0 Å². The third-order valence-electron chi connectivity index (χ3n) is 4.12. The fourth-order valence-electron chi connectivity index (χ4n) is 2.86. The van der Waals surface area contributed by atoms with Crippen LogP contribution in [-0.4, -0.2) is 66.5 Å². The molecule has 0 atom stereocenters. The number of carboxylic acids is 1. The fraction of sp³-hybridized carbons (Fsp3) is 0.471. The molecule has 1 heterocycles. The molecule has 1 aliphatic rings. The second-order valence-corrected chi connectivity index (χ2v) is 6.09. The summed E-state index contributed by atoms with van der Waals surface area (Å²) in [5, 5.41) is 9.12. The number of nitrogens with zero attached hydrogens (tertiary/aromatic N) is 3. The molecule has 1 aromatic carbocycles. The molecule has 0 aromatic heterocycles. The normalized spacial score (nSPS) is 15.0. The Morgan fingerprint density at radius 1 is 1.12 bits per heavy atom. The Labute approximate surface area is 141 Å². The standard InChI is InChI=1S/C17H23N3O4/c1-18(2)17(24)19-10-8-13(9-11-19)16(23)20(12-15(21)22)14-6-4-3-5-7-14/h3-7,13H,8-12H2,1-2H3,(H,21,22). The molecule has 130 valence electrons. The van der Waals surface area contributed by atoms with Gasteiger partial charge in [0.15, 0.2) is 0 Å². The number of benzene rings is 1. The average molecular weight is 333 g/mol. The lowest BCUT2D eigenvalue weighted by Crippen LogP contribution is -2.48. The smallest absolute Gasteiger partial charge is 0.323 e. The van der Waals surface area contributed by atoms with E-state index < -0.39 is 5.97 Å². The minimum Gasteiger partial charge on any atom is -0.480 e. The van der Waals surface area contributed by atoms with Crippen LogP contribution in [-0.2, 0) is 9.59 Å². The molecule has 1 N–H and O–H groups in total. The van der Waals surface area contributed by atoms with Gasteiger partial charge in [0, 0.05) is 38.8 Å². The van der Waals surface area contributed by atoms with Gasteiger partial charge in [-0.05, 0) is 25.0 Å². The first-order valence-electron chi connectivity index (χ1n) is 7.94. The highest BCUT2D eigenvalue weighted by Crippen LogP contribution is 2.23. The Morgan fingerprint density at radius 3 is 2.21 bits per heavy atom. The van der Waals surface area contributed by atoms with Crippen molar-refractivity contribution in [3.05, 3.63) is 30.3 Å². The largest absolute Gasteiger partial charge is 0.480 e. The zero-order valence-electron chi connectivity index (χ0n) is 14.0. The summed E-state index contributed by atoms with van der Waals surface area (Å²) >= 11 is 0. The number of aliphatic carboxylic acids is 1. The van der Waals surface area contributed by atoms with Crippen molar-refractivity contribution in [2.75, 3.05) is 38.6 Å². The lowest BCUT2D eigenvalue weighted by Gasteiger charge is -2.35. The summed E-state index contributed by atoms with van der Waals surface area (Å²) in [5.41, 5.74) is 0.580. The maximum atomic E-state index is 12.8. The van der Waals surface area contributed by atoms with Crippen molar-refractivity contribution in [2.24, 2.45) is 5.92 Å². The summed E-state index contributed by atoms with van der Waals surface area (Å²) in [6.07, 6.45) is 1.09. The quantitative estimate of drug-likeness (QED) is 0.905. The fourth-order valence-corrected chi connectivity index (χ4v) is 2.86. The summed E-state index contributed by atoms with van der Waals surface area (Å²) in [6, 6.07) is 8.76. The number of piperidine rings is 1. The molecule has 2 rings (SSSR count). The van der Waals surface area contributed by atoms with Gasteiger partial charge in [-0.3, -0.25) is 9.59 Å². The number of para-hydroxylation sites is 1. The Hall–Kier alpha value is -2.57. The van der Waals surface area contributed by atoms with E-state index in [4.69, 9.17) is 5.11 Å². The van der Waals surface area contributed by atoms with E-state index in [-0.39, 0.29) is 24.4 Å². The van der Waals surface area contributed by atoms with Gasteiger partial charge in [0.2, 0.25) is 5.91 Å². The van der Waals surface area contributed by atoms with E-state index in [9.17, 15) is 14.4 Å². The van der Waals surface area contributed by atoms with E-state index in [2.05, 4.69) is 0 Å². The van der Waals surface area contributed by atoms with Gasteiger partial charge >= 0.3 is 12.0 Å². The zero-order valence-corrected chi connectivity index (χ0v) is 14.0. The van der Waals surface area contributed by atoms with Gasteiger partial charge in [-0.25, -0.2) is 4.79 Å². The number of carbonyl (C=O) groups excluding carboxylic acids is 2. The van der Waals surface area contributed by atoms with Crippen LogP contribution in [0.1, 0.15) is 12.8 Å². The second kappa shape index (κ2) is 7.81. The van der Waals surface area contributed by atoms with Crippen LogP contribution < -0.4 is 4.90 Å². The number of amides is 3. The van der Waals surface area contributed by atoms with Gasteiger partial charge in [0.25, 0.3) is 0 Å². The Morgan fingerprint density at radius 2 is 1.71 bits per heavy atom. The van der Waals surface area contributed by atoms with E-state index in [1.807, 2.05) is 6.07 Å². The zero-order chi connectivity index (χ0) is 17.7. The van der Waals surface area contributed by atoms with Crippen molar-refractivity contribution in [3.8, 4) is 0 Å². The Balaban J connectivity index is 2.06. The molecule has 7 heteroatoms. The first-order valence-corrected chi connectivity index (χ1v) is 7.94. The number of likely N-dealkylation sites (tertiary alicyclic amines) is 1. The van der Waals surface area contributed by atoms with Crippen LogP contribution in [0, 0.1) is 5.92 Å². The van der Waals surface area contributed by atoms with E-state index in [0.717, 1.165) is 0 Å². The van der Waals surface area contributed by atoms with Gasteiger partial charge < -0.3 is 19.8 Å². The van der Waals surface area contributed by atoms with Gasteiger partial charge in [0.1, 0.15) is 6.54 Å². The van der Waals surface area contributed by atoms with Crippen LogP contribution in [0.4, 0.5) is 10.5 Å². The Kier molecular flexibility index (Phi) is 5.78. The molecule has 0 saturated carbocycles. The number of hydrogen-bond donors (Lipinski definition) is 1.